The highest BCUT2D eigenvalue weighted by Gasteiger charge is 2.05. The Morgan fingerprint density at radius 3 is 2.81 bits per heavy atom. The zero-order valence-electron chi connectivity index (χ0n) is 9.70. The summed E-state index contributed by atoms with van der Waals surface area (Å²) in [5, 5.41) is 0.789. The van der Waals surface area contributed by atoms with Gasteiger partial charge in [-0.05, 0) is 31.0 Å². The Bertz CT molecular complexity index is 331. The van der Waals surface area contributed by atoms with Crippen LogP contribution in [0, 0.1) is 0 Å². The number of rotatable bonds is 6. The maximum atomic E-state index is 6.18. The summed E-state index contributed by atoms with van der Waals surface area (Å²) in [5.74, 6) is 1.02. The van der Waals surface area contributed by atoms with Gasteiger partial charge in [0.1, 0.15) is 0 Å². The van der Waals surface area contributed by atoms with E-state index in [4.69, 9.17) is 22.1 Å². The highest BCUT2D eigenvalue weighted by atomic mass is 35.5. The topological polar surface area (TPSA) is 35.2 Å². The van der Waals surface area contributed by atoms with Gasteiger partial charge >= 0.3 is 0 Å². The molecule has 0 aliphatic heterocycles. The van der Waals surface area contributed by atoms with Crippen molar-refractivity contribution in [3.8, 4) is 0 Å². The molecule has 0 amide bonds. The van der Waals surface area contributed by atoms with E-state index in [0.29, 0.717) is 0 Å². The van der Waals surface area contributed by atoms with Crippen LogP contribution in [0.5, 0.6) is 0 Å². The van der Waals surface area contributed by atoms with Gasteiger partial charge in [-0.15, -0.1) is 11.8 Å². The van der Waals surface area contributed by atoms with Crippen molar-refractivity contribution < 1.29 is 4.74 Å². The fourth-order valence-electron chi connectivity index (χ4n) is 1.30. The average Bonchev–Trinajstić information content (AvgIpc) is 2.26. The summed E-state index contributed by atoms with van der Waals surface area (Å²) in [4.78, 5) is 1.11. The summed E-state index contributed by atoms with van der Waals surface area (Å²) in [6, 6.07) is 6.06. The van der Waals surface area contributed by atoms with Crippen LogP contribution in [-0.2, 0) is 4.74 Å². The van der Waals surface area contributed by atoms with E-state index < -0.39 is 0 Å². The van der Waals surface area contributed by atoms with Crippen LogP contribution in [0.1, 0.15) is 24.9 Å². The van der Waals surface area contributed by atoms with Crippen molar-refractivity contribution in [2.24, 2.45) is 5.73 Å². The Labute approximate surface area is 107 Å². The normalized spacial score (nSPS) is 12.8. The second kappa shape index (κ2) is 7.17. The molecule has 0 unspecified atom stereocenters. The van der Waals surface area contributed by atoms with Crippen molar-refractivity contribution in [3.63, 3.8) is 0 Å². The van der Waals surface area contributed by atoms with E-state index in [1.165, 1.54) is 0 Å². The minimum absolute atomic E-state index is 0.0324. The van der Waals surface area contributed by atoms with Crippen LogP contribution in [0.15, 0.2) is 23.1 Å². The van der Waals surface area contributed by atoms with Crippen molar-refractivity contribution in [3.05, 3.63) is 28.8 Å². The van der Waals surface area contributed by atoms with Crippen molar-refractivity contribution in [2.45, 2.75) is 24.3 Å². The largest absolute Gasteiger partial charge is 0.385 e. The van der Waals surface area contributed by atoms with Gasteiger partial charge in [-0.1, -0.05) is 17.7 Å². The average molecular weight is 260 g/mol. The van der Waals surface area contributed by atoms with E-state index in [1.54, 1.807) is 18.9 Å². The first kappa shape index (κ1) is 13.8. The first-order chi connectivity index (χ1) is 7.65. The van der Waals surface area contributed by atoms with E-state index in [2.05, 4.69) is 0 Å². The molecular formula is C12H18ClNOS. The maximum Gasteiger partial charge on any atom is 0.0545 e. The van der Waals surface area contributed by atoms with Gasteiger partial charge < -0.3 is 10.5 Å². The molecule has 0 bridgehead atoms. The van der Waals surface area contributed by atoms with Crippen LogP contribution >= 0.6 is 23.4 Å². The predicted molar refractivity (Wildman–Crippen MR) is 71.3 cm³/mol. The molecule has 0 spiro atoms. The molecule has 0 aromatic heterocycles. The number of ether oxygens (including phenoxy) is 1. The van der Waals surface area contributed by atoms with Crippen LogP contribution in [0.2, 0.25) is 5.02 Å². The summed E-state index contributed by atoms with van der Waals surface area (Å²) in [7, 11) is 1.72. The second-order valence-electron chi connectivity index (χ2n) is 3.67. The number of nitrogens with two attached hydrogens (primary N) is 1. The van der Waals surface area contributed by atoms with E-state index >= 15 is 0 Å². The monoisotopic (exact) mass is 259 g/mol. The van der Waals surface area contributed by atoms with E-state index in [0.717, 1.165) is 34.3 Å². The van der Waals surface area contributed by atoms with Crippen molar-refractivity contribution >= 4 is 23.4 Å². The van der Waals surface area contributed by atoms with Crippen LogP contribution in [0.4, 0.5) is 0 Å². The number of hydrogen-bond acceptors (Lipinski definition) is 3. The first-order valence-corrected chi connectivity index (χ1v) is 6.68. The SMILES string of the molecule is COCCCSc1ccc([C@H](C)N)cc1Cl. The summed E-state index contributed by atoms with van der Waals surface area (Å²) in [5.41, 5.74) is 6.87. The third-order valence-electron chi connectivity index (χ3n) is 2.23. The van der Waals surface area contributed by atoms with Crippen LogP contribution in [0.25, 0.3) is 0 Å². The Morgan fingerprint density at radius 1 is 1.50 bits per heavy atom. The molecule has 4 heteroatoms. The lowest BCUT2D eigenvalue weighted by Crippen LogP contribution is -2.04. The molecule has 0 heterocycles. The van der Waals surface area contributed by atoms with Gasteiger partial charge in [0.15, 0.2) is 0 Å². The summed E-state index contributed by atoms with van der Waals surface area (Å²) in [6.07, 6.45) is 1.03. The quantitative estimate of drug-likeness (QED) is 0.627. The first-order valence-electron chi connectivity index (χ1n) is 5.32. The molecule has 0 saturated carbocycles. The third kappa shape index (κ3) is 4.34. The van der Waals surface area contributed by atoms with E-state index in [-0.39, 0.29) is 6.04 Å². The summed E-state index contributed by atoms with van der Waals surface area (Å²) >= 11 is 7.93. The van der Waals surface area contributed by atoms with E-state index in [1.807, 2.05) is 25.1 Å². The van der Waals surface area contributed by atoms with Gasteiger partial charge in [-0.3, -0.25) is 0 Å². The molecule has 2 nitrogen and oxygen atoms in total. The Hall–Kier alpha value is -0.220. The summed E-state index contributed by atoms with van der Waals surface area (Å²) in [6.45, 7) is 2.75. The molecular weight excluding hydrogens is 242 g/mol. The van der Waals surface area contributed by atoms with E-state index in [9.17, 15) is 0 Å². The standard InChI is InChI=1S/C12H18ClNOS/c1-9(14)10-4-5-12(11(13)8-10)16-7-3-6-15-2/h4-5,8-9H,3,6-7,14H2,1-2H3/t9-/m0/s1. The van der Waals surface area contributed by atoms with Crippen LogP contribution < -0.4 is 5.73 Å². The number of thioether (sulfide) groups is 1. The lowest BCUT2D eigenvalue weighted by molar-refractivity contribution is 0.200. The molecule has 1 aromatic rings. The molecule has 2 N–H and O–H groups in total. The molecule has 0 saturated heterocycles. The summed E-state index contributed by atoms with van der Waals surface area (Å²) < 4.78 is 5.00. The highest BCUT2D eigenvalue weighted by molar-refractivity contribution is 7.99. The molecule has 1 aromatic carbocycles. The highest BCUT2D eigenvalue weighted by Crippen LogP contribution is 2.29. The predicted octanol–water partition coefficient (Wildman–Crippen LogP) is 3.49. The maximum absolute atomic E-state index is 6.18. The van der Waals surface area contributed by atoms with Gasteiger partial charge in [0.05, 0.1) is 5.02 Å². The zero-order valence-corrected chi connectivity index (χ0v) is 11.3. The molecule has 0 aliphatic carbocycles. The smallest absolute Gasteiger partial charge is 0.0545 e. The number of hydrogen-bond donors (Lipinski definition) is 1. The number of benzene rings is 1. The lowest BCUT2D eigenvalue weighted by Gasteiger charge is -2.09. The molecule has 16 heavy (non-hydrogen) atoms. The fourth-order valence-corrected chi connectivity index (χ4v) is 2.50. The fraction of sp³-hybridized carbons (Fsp3) is 0.500. The number of halogens is 1. The van der Waals surface area contributed by atoms with Crippen LogP contribution in [-0.4, -0.2) is 19.5 Å². The molecule has 0 aliphatic rings. The Morgan fingerprint density at radius 2 is 2.25 bits per heavy atom. The second-order valence-corrected chi connectivity index (χ2v) is 5.22. The van der Waals surface area contributed by atoms with Crippen molar-refractivity contribution in [1.29, 1.82) is 0 Å². The third-order valence-corrected chi connectivity index (χ3v) is 3.82. The van der Waals surface area contributed by atoms with Crippen LogP contribution in [0.3, 0.4) is 0 Å². The molecule has 90 valence electrons. The number of methoxy groups -OCH3 is 1. The van der Waals surface area contributed by atoms with Gasteiger partial charge in [0.25, 0.3) is 0 Å². The van der Waals surface area contributed by atoms with Gasteiger partial charge in [-0.2, -0.15) is 0 Å². The minimum atomic E-state index is 0.0324. The van der Waals surface area contributed by atoms with Gasteiger partial charge in [0, 0.05) is 30.4 Å². The van der Waals surface area contributed by atoms with Crippen molar-refractivity contribution in [2.75, 3.05) is 19.5 Å². The van der Waals surface area contributed by atoms with Gasteiger partial charge in [0.2, 0.25) is 0 Å². The van der Waals surface area contributed by atoms with Crippen molar-refractivity contribution in [1.82, 2.24) is 0 Å². The minimum Gasteiger partial charge on any atom is -0.385 e. The molecule has 1 rings (SSSR count). The molecule has 1 atom stereocenters. The lowest BCUT2D eigenvalue weighted by atomic mass is 10.1. The molecule has 0 fully saturated rings. The Balaban J connectivity index is 2.54. The van der Waals surface area contributed by atoms with Gasteiger partial charge in [-0.25, -0.2) is 0 Å². The zero-order chi connectivity index (χ0) is 12.0. The Kier molecular flexibility index (Phi) is 6.21. The molecule has 0 radical (unpaired) electrons.